The summed E-state index contributed by atoms with van der Waals surface area (Å²) < 4.78 is 37.5. The van der Waals surface area contributed by atoms with E-state index >= 15 is 0 Å². The minimum Gasteiger partial charge on any atom is -0.368 e. The van der Waals surface area contributed by atoms with Crippen molar-refractivity contribution in [1.82, 2.24) is 4.98 Å². The maximum absolute atomic E-state index is 12.5. The van der Waals surface area contributed by atoms with Crippen molar-refractivity contribution in [2.24, 2.45) is 5.73 Å². The van der Waals surface area contributed by atoms with E-state index in [0.29, 0.717) is 0 Å². The van der Waals surface area contributed by atoms with Gasteiger partial charge in [-0.1, -0.05) is 0 Å². The number of anilines is 1. The molecule has 0 fully saturated rings. The number of alkyl halides is 3. The number of carbonyl (C=O) groups is 1. The highest BCUT2D eigenvalue weighted by Crippen LogP contribution is 2.31. The van der Waals surface area contributed by atoms with Crippen LogP contribution in [0.15, 0.2) is 12.1 Å². The topological polar surface area (TPSA) is 83.0 Å². The zero-order chi connectivity index (χ0) is 13.9. The van der Waals surface area contributed by atoms with Gasteiger partial charge in [-0.15, -0.1) is 0 Å². The van der Waals surface area contributed by atoms with Gasteiger partial charge in [0, 0.05) is 7.05 Å². The normalized spacial score (nSPS) is 10.8. The molecule has 0 saturated carbocycles. The molecule has 96 valence electrons. The summed E-state index contributed by atoms with van der Waals surface area (Å²) in [5.74, 6) is -0.587. The number of nitrogens with zero attached hydrogens (tertiary/aromatic N) is 3. The summed E-state index contributed by atoms with van der Waals surface area (Å²) in [4.78, 5) is 15.5. The highest BCUT2D eigenvalue weighted by Gasteiger charge is 2.34. The first-order valence-electron chi connectivity index (χ1n) is 4.73. The van der Waals surface area contributed by atoms with Crippen molar-refractivity contribution >= 4 is 11.7 Å². The number of nitrogens with two attached hydrogens (primary N) is 1. The van der Waals surface area contributed by atoms with E-state index in [0.717, 1.165) is 12.1 Å². The van der Waals surface area contributed by atoms with Gasteiger partial charge in [-0.3, -0.25) is 4.79 Å². The van der Waals surface area contributed by atoms with E-state index in [9.17, 15) is 18.0 Å². The molecular weight excluding hydrogens is 249 g/mol. The number of hydrogen-bond donors (Lipinski definition) is 1. The van der Waals surface area contributed by atoms with E-state index < -0.39 is 23.3 Å². The molecule has 0 aliphatic rings. The lowest BCUT2D eigenvalue weighted by atomic mass is 10.2. The number of halogens is 3. The van der Waals surface area contributed by atoms with Gasteiger partial charge in [-0.25, -0.2) is 4.98 Å². The Kier molecular flexibility index (Phi) is 3.76. The van der Waals surface area contributed by atoms with Crippen molar-refractivity contribution in [3.8, 4) is 6.07 Å². The number of nitriles is 1. The van der Waals surface area contributed by atoms with Crippen LogP contribution in [0.5, 0.6) is 0 Å². The van der Waals surface area contributed by atoms with Crippen LogP contribution < -0.4 is 10.6 Å². The largest absolute Gasteiger partial charge is 0.419 e. The molecular formula is C10H9F3N4O. The second kappa shape index (κ2) is 4.91. The molecule has 0 spiro atoms. The molecule has 0 saturated heterocycles. The molecule has 1 rings (SSSR count). The number of primary amides is 1. The SMILES string of the molecule is CN(CC(N)=O)c1ccc(C(F)(F)F)c(C#N)n1. The zero-order valence-corrected chi connectivity index (χ0v) is 9.32. The molecule has 2 N–H and O–H groups in total. The average Bonchev–Trinajstić information content (AvgIpc) is 2.26. The maximum atomic E-state index is 12.5. The predicted molar refractivity (Wildman–Crippen MR) is 56.4 cm³/mol. The fourth-order valence-corrected chi connectivity index (χ4v) is 1.29. The Hall–Kier alpha value is -2.30. The second-order valence-corrected chi connectivity index (χ2v) is 3.50. The third-order valence-corrected chi connectivity index (χ3v) is 2.08. The second-order valence-electron chi connectivity index (χ2n) is 3.50. The van der Waals surface area contributed by atoms with Gasteiger partial charge in [-0.2, -0.15) is 18.4 Å². The first-order chi connectivity index (χ1) is 8.25. The van der Waals surface area contributed by atoms with Gasteiger partial charge >= 0.3 is 6.18 Å². The Bertz CT molecular complexity index is 507. The minimum absolute atomic E-state index is 0.0679. The van der Waals surface area contributed by atoms with Crippen LogP contribution >= 0.6 is 0 Å². The predicted octanol–water partition coefficient (Wildman–Crippen LogP) is 0.894. The Morgan fingerprint density at radius 3 is 2.61 bits per heavy atom. The van der Waals surface area contributed by atoms with Crippen LogP contribution in [0.3, 0.4) is 0 Å². The molecule has 0 aliphatic heterocycles. The molecule has 18 heavy (non-hydrogen) atoms. The van der Waals surface area contributed by atoms with E-state index in [1.54, 1.807) is 0 Å². The van der Waals surface area contributed by atoms with Crippen LogP contribution in [-0.2, 0) is 11.0 Å². The van der Waals surface area contributed by atoms with E-state index in [-0.39, 0.29) is 12.4 Å². The van der Waals surface area contributed by atoms with E-state index in [2.05, 4.69) is 4.98 Å². The summed E-state index contributed by atoms with van der Waals surface area (Å²) in [6, 6.07) is 3.20. The van der Waals surface area contributed by atoms with Gasteiger partial charge in [0.1, 0.15) is 11.9 Å². The first kappa shape index (κ1) is 13.8. The van der Waals surface area contributed by atoms with Gasteiger partial charge < -0.3 is 10.6 Å². The van der Waals surface area contributed by atoms with Gasteiger partial charge in [0.15, 0.2) is 5.69 Å². The highest BCUT2D eigenvalue weighted by atomic mass is 19.4. The molecule has 0 unspecified atom stereocenters. The lowest BCUT2D eigenvalue weighted by Gasteiger charge is -2.17. The van der Waals surface area contributed by atoms with Crippen molar-refractivity contribution in [3.63, 3.8) is 0 Å². The number of aromatic nitrogens is 1. The molecule has 0 aromatic carbocycles. The van der Waals surface area contributed by atoms with Crippen molar-refractivity contribution in [2.75, 3.05) is 18.5 Å². The van der Waals surface area contributed by atoms with Gasteiger partial charge in [0.2, 0.25) is 5.91 Å². The first-order valence-corrected chi connectivity index (χ1v) is 4.73. The minimum atomic E-state index is -4.64. The summed E-state index contributed by atoms with van der Waals surface area (Å²) in [6.45, 7) is -0.205. The van der Waals surface area contributed by atoms with E-state index in [1.807, 2.05) is 0 Å². The number of amides is 1. The van der Waals surface area contributed by atoms with Crippen LogP contribution in [0.4, 0.5) is 19.0 Å². The van der Waals surface area contributed by atoms with Crippen LogP contribution in [0, 0.1) is 11.3 Å². The Balaban J connectivity index is 3.15. The molecule has 0 radical (unpaired) electrons. The molecule has 1 amide bonds. The number of likely N-dealkylation sites (N-methyl/N-ethyl adjacent to an activating group) is 1. The quantitative estimate of drug-likeness (QED) is 0.872. The number of pyridine rings is 1. The maximum Gasteiger partial charge on any atom is 0.419 e. The molecule has 1 aromatic rings. The average molecular weight is 258 g/mol. The molecule has 1 aromatic heterocycles. The monoisotopic (exact) mass is 258 g/mol. The summed E-state index contributed by atoms with van der Waals surface area (Å²) >= 11 is 0. The molecule has 5 nitrogen and oxygen atoms in total. The smallest absolute Gasteiger partial charge is 0.368 e. The number of hydrogen-bond acceptors (Lipinski definition) is 4. The fourth-order valence-electron chi connectivity index (χ4n) is 1.29. The summed E-state index contributed by atoms with van der Waals surface area (Å²) in [5.41, 5.74) is 3.10. The fraction of sp³-hybridized carbons (Fsp3) is 0.300. The summed E-state index contributed by atoms with van der Waals surface area (Å²) in [7, 11) is 1.43. The number of rotatable bonds is 3. The lowest BCUT2D eigenvalue weighted by molar-refractivity contribution is -0.138. The standard InChI is InChI=1S/C10H9F3N4O/c1-17(5-8(15)18)9-3-2-6(10(11,12)13)7(4-14)16-9/h2-3H,5H2,1H3,(H2,15,18). The molecule has 0 atom stereocenters. The van der Waals surface area contributed by atoms with Crippen molar-refractivity contribution in [1.29, 1.82) is 5.26 Å². The molecule has 0 bridgehead atoms. The summed E-state index contributed by atoms with van der Waals surface area (Å²) in [6.07, 6.45) is -4.64. The zero-order valence-electron chi connectivity index (χ0n) is 9.32. The van der Waals surface area contributed by atoms with E-state index in [1.165, 1.54) is 18.0 Å². The Labute approximate surface area is 101 Å². The summed E-state index contributed by atoms with van der Waals surface area (Å²) in [5, 5.41) is 8.65. The van der Waals surface area contributed by atoms with E-state index in [4.69, 9.17) is 11.0 Å². The van der Waals surface area contributed by atoms with Gasteiger partial charge in [0.25, 0.3) is 0 Å². The van der Waals surface area contributed by atoms with Crippen molar-refractivity contribution < 1.29 is 18.0 Å². The van der Waals surface area contributed by atoms with Crippen LogP contribution in [0.2, 0.25) is 0 Å². The highest BCUT2D eigenvalue weighted by molar-refractivity contribution is 5.79. The lowest BCUT2D eigenvalue weighted by Crippen LogP contribution is -2.31. The van der Waals surface area contributed by atoms with Gasteiger partial charge in [-0.05, 0) is 12.1 Å². The molecule has 8 heteroatoms. The van der Waals surface area contributed by atoms with Crippen molar-refractivity contribution in [2.45, 2.75) is 6.18 Å². The molecule has 0 aliphatic carbocycles. The van der Waals surface area contributed by atoms with Crippen molar-refractivity contribution in [3.05, 3.63) is 23.4 Å². The van der Waals surface area contributed by atoms with Gasteiger partial charge in [0.05, 0.1) is 12.1 Å². The van der Waals surface area contributed by atoms with Crippen LogP contribution in [0.25, 0.3) is 0 Å². The third kappa shape index (κ3) is 3.10. The third-order valence-electron chi connectivity index (χ3n) is 2.08. The molecule has 1 heterocycles. The Morgan fingerprint density at radius 2 is 2.17 bits per heavy atom. The number of carbonyl (C=O) groups excluding carboxylic acids is 1. The van der Waals surface area contributed by atoms with Crippen LogP contribution in [-0.4, -0.2) is 24.5 Å². The Morgan fingerprint density at radius 1 is 1.56 bits per heavy atom. The van der Waals surface area contributed by atoms with Crippen LogP contribution in [0.1, 0.15) is 11.3 Å².